The van der Waals surface area contributed by atoms with Gasteiger partial charge in [-0.1, -0.05) is 12.1 Å². The molecule has 2 N–H and O–H groups in total. The van der Waals surface area contributed by atoms with Crippen molar-refractivity contribution in [2.45, 2.75) is 59.5 Å². The molecule has 1 aliphatic heterocycles. The van der Waals surface area contributed by atoms with Gasteiger partial charge in [-0.15, -0.1) is 0 Å². The number of aryl methyl sites for hydroxylation is 1. The van der Waals surface area contributed by atoms with Crippen molar-refractivity contribution in [3.05, 3.63) is 29.3 Å². The maximum atomic E-state index is 6.01. The lowest BCUT2D eigenvalue weighted by Gasteiger charge is -2.35. The van der Waals surface area contributed by atoms with Crippen molar-refractivity contribution in [3.63, 3.8) is 0 Å². The van der Waals surface area contributed by atoms with Crippen molar-refractivity contribution in [2.75, 3.05) is 46.5 Å². The van der Waals surface area contributed by atoms with Crippen molar-refractivity contribution in [1.82, 2.24) is 15.5 Å². The summed E-state index contributed by atoms with van der Waals surface area (Å²) < 4.78 is 11.1. The molecule has 0 amide bonds. The fraction of sp³-hybridized carbons (Fsp3) is 0.708. The first kappa shape index (κ1) is 24.5. The van der Waals surface area contributed by atoms with E-state index in [0.717, 1.165) is 36.8 Å². The molecule has 1 aromatic rings. The van der Waals surface area contributed by atoms with Crippen LogP contribution in [0.1, 0.15) is 51.2 Å². The number of piperidine rings is 1. The van der Waals surface area contributed by atoms with Gasteiger partial charge in [-0.25, -0.2) is 4.99 Å². The van der Waals surface area contributed by atoms with E-state index in [9.17, 15) is 0 Å². The molecule has 6 nitrogen and oxygen atoms in total. The lowest BCUT2D eigenvalue weighted by Crippen LogP contribution is -2.46. The third-order valence-electron chi connectivity index (χ3n) is 5.56. The van der Waals surface area contributed by atoms with E-state index in [2.05, 4.69) is 61.4 Å². The number of hydrogen-bond acceptors (Lipinski definition) is 4. The summed E-state index contributed by atoms with van der Waals surface area (Å²) in [6.07, 6.45) is 3.45. The van der Waals surface area contributed by atoms with E-state index in [1.807, 2.05) is 0 Å². The zero-order valence-electron chi connectivity index (χ0n) is 19.7. The van der Waals surface area contributed by atoms with E-state index in [1.54, 1.807) is 7.11 Å². The van der Waals surface area contributed by atoms with Gasteiger partial charge in [-0.2, -0.15) is 0 Å². The van der Waals surface area contributed by atoms with Crippen LogP contribution in [0.25, 0.3) is 0 Å². The number of nitrogens with zero attached hydrogens (tertiary/aromatic N) is 2. The van der Waals surface area contributed by atoms with Crippen molar-refractivity contribution in [1.29, 1.82) is 0 Å². The fourth-order valence-electron chi connectivity index (χ4n) is 3.79. The average Bonchev–Trinajstić information content (AvgIpc) is 2.74. The maximum absolute atomic E-state index is 6.01. The Hall–Kier alpha value is -1.79. The standard InChI is InChI=1S/C24H42N4O2/c1-6-25-24(26-16-21-9-7-12-28(18-21)19(2)3)27-17-22-11-10-20(4)15-23(22)30-14-8-13-29-5/h10-11,15,19,21H,6-9,12-14,16-18H2,1-5H3,(H2,25,26,27). The van der Waals surface area contributed by atoms with Crippen LogP contribution in [0.5, 0.6) is 5.75 Å². The van der Waals surface area contributed by atoms with Crippen LogP contribution in [0.15, 0.2) is 23.2 Å². The van der Waals surface area contributed by atoms with Crippen LogP contribution in [0.2, 0.25) is 0 Å². The van der Waals surface area contributed by atoms with Gasteiger partial charge >= 0.3 is 0 Å². The lowest BCUT2D eigenvalue weighted by molar-refractivity contribution is 0.141. The monoisotopic (exact) mass is 418 g/mol. The van der Waals surface area contributed by atoms with Gasteiger partial charge in [0.15, 0.2) is 5.96 Å². The molecule has 1 saturated heterocycles. The highest BCUT2D eigenvalue weighted by Gasteiger charge is 2.21. The van der Waals surface area contributed by atoms with E-state index in [0.29, 0.717) is 31.7 Å². The summed E-state index contributed by atoms with van der Waals surface area (Å²) in [5, 5.41) is 6.95. The fourth-order valence-corrected chi connectivity index (χ4v) is 3.79. The summed E-state index contributed by atoms with van der Waals surface area (Å²) in [6.45, 7) is 14.9. The molecule has 1 aliphatic rings. The highest BCUT2D eigenvalue weighted by molar-refractivity contribution is 5.79. The Morgan fingerprint density at radius 2 is 2.10 bits per heavy atom. The van der Waals surface area contributed by atoms with Gasteiger partial charge < -0.3 is 25.0 Å². The lowest BCUT2D eigenvalue weighted by atomic mass is 9.97. The molecular formula is C24H42N4O2. The van der Waals surface area contributed by atoms with Crippen molar-refractivity contribution in [3.8, 4) is 5.75 Å². The summed E-state index contributed by atoms with van der Waals surface area (Å²) in [4.78, 5) is 7.42. The molecule has 170 valence electrons. The quantitative estimate of drug-likeness (QED) is 0.327. The molecule has 6 heteroatoms. The first-order valence-corrected chi connectivity index (χ1v) is 11.5. The molecule has 1 aromatic carbocycles. The van der Waals surface area contributed by atoms with Gasteiger partial charge in [0.05, 0.1) is 13.2 Å². The number of benzene rings is 1. The molecule has 0 spiro atoms. The molecule has 1 fully saturated rings. The van der Waals surface area contributed by atoms with E-state index < -0.39 is 0 Å². The van der Waals surface area contributed by atoms with Crippen molar-refractivity contribution < 1.29 is 9.47 Å². The van der Waals surface area contributed by atoms with E-state index in [1.165, 1.54) is 31.5 Å². The van der Waals surface area contributed by atoms with Gasteiger partial charge in [0.1, 0.15) is 5.75 Å². The van der Waals surface area contributed by atoms with E-state index in [4.69, 9.17) is 14.5 Å². The third kappa shape index (κ3) is 8.52. The van der Waals surface area contributed by atoms with Crippen LogP contribution in [0.3, 0.4) is 0 Å². The normalized spacial score (nSPS) is 17.9. The first-order chi connectivity index (χ1) is 14.5. The second kappa shape index (κ2) is 13.5. The highest BCUT2D eigenvalue weighted by Crippen LogP contribution is 2.22. The summed E-state index contributed by atoms with van der Waals surface area (Å²) in [7, 11) is 1.72. The topological polar surface area (TPSA) is 58.1 Å². The summed E-state index contributed by atoms with van der Waals surface area (Å²) in [5.74, 6) is 2.47. The van der Waals surface area contributed by atoms with Crippen LogP contribution < -0.4 is 15.4 Å². The SMILES string of the molecule is CCNC(=NCc1ccc(C)cc1OCCCOC)NCC1CCCN(C(C)C)C1. The minimum absolute atomic E-state index is 0.595. The molecule has 0 bridgehead atoms. The predicted octanol–water partition coefficient (Wildman–Crippen LogP) is 3.59. The second-order valence-corrected chi connectivity index (χ2v) is 8.48. The van der Waals surface area contributed by atoms with Gasteiger partial charge in [0, 0.05) is 51.4 Å². The number of rotatable bonds is 11. The van der Waals surface area contributed by atoms with Gasteiger partial charge in [-0.3, -0.25) is 0 Å². The first-order valence-electron chi connectivity index (χ1n) is 11.5. The van der Waals surface area contributed by atoms with Crippen molar-refractivity contribution in [2.24, 2.45) is 10.9 Å². The Bertz CT molecular complexity index is 648. The van der Waals surface area contributed by atoms with Crippen LogP contribution in [-0.4, -0.2) is 63.4 Å². The highest BCUT2D eigenvalue weighted by atomic mass is 16.5. The Morgan fingerprint density at radius 1 is 1.27 bits per heavy atom. The second-order valence-electron chi connectivity index (χ2n) is 8.48. The molecule has 0 aromatic heterocycles. The third-order valence-corrected chi connectivity index (χ3v) is 5.56. The van der Waals surface area contributed by atoms with Gasteiger partial charge in [-0.05, 0) is 64.6 Å². The van der Waals surface area contributed by atoms with Gasteiger partial charge in [0.25, 0.3) is 0 Å². The van der Waals surface area contributed by atoms with Crippen molar-refractivity contribution >= 4 is 5.96 Å². The molecule has 0 saturated carbocycles. The smallest absolute Gasteiger partial charge is 0.191 e. The predicted molar refractivity (Wildman–Crippen MR) is 125 cm³/mol. The molecular weight excluding hydrogens is 376 g/mol. The molecule has 1 atom stereocenters. The number of guanidine groups is 1. The summed E-state index contributed by atoms with van der Waals surface area (Å²) in [5.41, 5.74) is 2.31. The number of methoxy groups -OCH3 is 1. The Morgan fingerprint density at radius 3 is 2.83 bits per heavy atom. The Balaban J connectivity index is 1.95. The summed E-state index contributed by atoms with van der Waals surface area (Å²) >= 11 is 0. The van der Waals surface area contributed by atoms with Crippen LogP contribution in [-0.2, 0) is 11.3 Å². The van der Waals surface area contributed by atoms with E-state index >= 15 is 0 Å². The minimum Gasteiger partial charge on any atom is -0.493 e. The Labute approximate surface area is 183 Å². The molecule has 2 rings (SSSR count). The van der Waals surface area contributed by atoms with Crippen LogP contribution >= 0.6 is 0 Å². The van der Waals surface area contributed by atoms with Crippen LogP contribution in [0, 0.1) is 12.8 Å². The average molecular weight is 419 g/mol. The largest absolute Gasteiger partial charge is 0.493 e. The number of nitrogens with one attached hydrogen (secondary N) is 2. The van der Waals surface area contributed by atoms with Gasteiger partial charge in [0.2, 0.25) is 0 Å². The molecule has 0 aliphatic carbocycles. The molecule has 1 unspecified atom stereocenters. The molecule has 30 heavy (non-hydrogen) atoms. The van der Waals surface area contributed by atoms with Crippen LogP contribution in [0.4, 0.5) is 0 Å². The maximum Gasteiger partial charge on any atom is 0.191 e. The number of hydrogen-bond donors (Lipinski definition) is 2. The Kier molecular flexibility index (Phi) is 11.0. The zero-order valence-corrected chi connectivity index (χ0v) is 19.7. The number of aliphatic imine (C=N–C) groups is 1. The zero-order chi connectivity index (χ0) is 21.8. The molecule has 1 heterocycles. The molecule has 0 radical (unpaired) electrons. The number of ether oxygens (including phenoxy) is 2. The number of likely N-dealkylation sites (tertiary alicyclic amines) is 1. The van der Waals surface area contributed by atoms with E-state index in [-0.39, 0.29) is 0 Å². The minimum atomic E-state index is 0.595. The summed E-state index contributed by atoms with van der Waals surface area (Å²) in [6, 6.07) is 6.96.